The van der Waals surface area contributed by atoms with Gasteiger partial charge in [0, 0.05) is 36.7 Å². The molecule has 10 heteroatoms. The number of piperidine rings is 1. The van der Waals surface area contributed by atoms with Gasteiger partial charge in [-0.1, -0.05) is 85.6 Å². The number of carbonyl (C=O) groups excluding carboxylic acids is 2. The number of ether oxygens (including phenoxy) is 2. The first-order chi connectivity index (χ1) is 28.1. The van der Waals surface area contributed by atoms with Crippen LogP contribution in [0.25, 0.3) is 22.2 Å². The van der Waals surface area contributed by atoms with Crippen molar-refractivity contribution < 1.29 is 24.2 Å². The lowest BCUT2D eigenvalue weighted by molar-refractivity contribution is -0.255. The lowest BCUT2D eigenvalue weighted by Gasteiger charge is -2.50. The molecule has 6 atom stereocenters. The van der Waals surface area contributed by atoms with E-state index < -0.39 is 6.29 Å². The Morgan fingerprint density at radius 2 is 1.57 bits per heavy atom. The Balaban J connectivity index is 1.03. The maximum atomic E-state index is 13.9. The van der Waals surface area contributed by atoms with Gasteiger partial charge in [-0.2, -0.15) is 0 Å². The lowest BCUT2D eigenvalue weighted by Crippen LogP contribution is -2.61. The van der Waals surface area contributed by atoms with E-state index in [9.17, 15) is 14.7 Å². The highest BCUT2D eigenvalue weighted by molar-refractivity contribution is 5.93. The van der Waals surface area contributed by atoms with Crippen LogP contribution in [0.3, 0.4) is 0 Å². The summed E-state index contributed by atoms with van der Waals surface area (Å²) < 4.78 is 13.7. The Morgan fingerprint density at radius 3 is 2.36 bits per heavy atom. The summed E-state index contributed by atoms with van der Waals surface area (Å²) >= 11 is 0. The van der Waals surface area contributed by atoms with Crippen LogP contribution in [0.2, 0.25) is 0 Å². The van der Waals surface area contributed by atoms with Gasteiger partial charge in [-0.05, 0) is 104 Å². The summed E-state index contributed by atoms with van der Waals surface area (Å²) in [5.74, 6) is 0.420. The number of aliphatic hydroxyl groups is 1. The Morgan fingerprint density at radius 1 is 0.810 bits per heavy atom. The van der Waals surface area contributed by atoms with Crippen LogP contribution in [0.5, 0.6) is 0 Å². The number of fused-ring (bicyclic) bond motifs is 2. The van der Waals surface area contributed by atoms with Gasteiger partial charge in [0.2, 0.25) is 5.91 Å². The summed E-state index contributed by atoms with van der Waals surface area (Å²) in [4.78, 5) is 38.3. The molecule has 58 heavy (non-hydrogen) atoms. The molecule has 3 fully saturated rings. The fraction of sp³-hybridized carbons (Fsp3) is 0.417. The number of hydrogen-bond acceptors (Lipinski definition) is 8. The molecule has 5 aromatic rings. The minimum Gasteiger partial charge on any atom is -0.392 e. The second-order valence-corrected chi connectivity index (χ2v) is 17.2. The van der Waals surface area contributed by atoms with E-state index in [1.54, 1.807) is 0 Å². The van der Waals surface area contributed by atoms with Crippen molar-refractivity contribution in [2.45, 2.75) is 115 Å². The zero-order valence-corrected chi connectivity index (χ0v) is 33.8. The van der Waals surface area contributed by atoms with Crippen molar-refractivity contribution in [3.8, 4) is 11.1 Å². The van der Waals surface area contributed by atoms with E-state index in [1.165, 1.54) is 25.5 Å². The molecular weight excluding hydrogens is 727 g/mol. The third-order valence-electron chi connectivity index (χ3n) is 11.9. The van der Waals surface area contributed by atoms with Crippen LogP contribution in [0.15, 0.2) is 103 Å². The summed E-state index contributed by atoms with van der Waals surface area (Å²) in [5, 5.41) is 16.0. The van der Waals surface area contributed by atoms with Crippen LogP contribution in [0, 0.1) is 5.92 Å². The van der Waals surface area contributed by atoms with Crippen LogP contribution in [-0.4, -0.2) is 62.1 Å². The fourth-order valence-corrected chi connectivity index (χ4v) is 9.06. The van der Waals surface area contributed by atoms with Crippen LogP contribution in [0.4, 0.5) is 0 Å². The molecule has 2 saturated heterocycles. The van der Waals surface area contributed by atoms with Crippen molar-refractivity contribution in [3.63, 3.8) is 0 Å². The molecule has 2 amide bonds. The third-order valence-corrected chi connectivity index (χ3v) is 11.9. The molecule has 3 aliphatic rings. The minimum atomic E-state index is -0.638. The summed E-state index contributed by atoms with van der Waals surface area (Å²) in [6.45, 7) is 7.10. The van der Waals surface area contributed by atoms with E-state index in [2.05, 4.69) is 55.8 Å². The van der Waals surface area contributed by atoms with Gasteiger partial charge in [0.25, 0.3) is 5.91 Å². The first kappa shape index (κ1) is 39.8. The molecule has 10 nitrogen and oxygen atoms in total. The highest BCUT2D eigenvalue weighted by atomic mass is 16.7. The second-order valence-electron chi connectivity index (χ2n) is 17.2. The highest BCUT2D eigenvalue weighted by Crippen LogP contribution is 2.42. The molecule has 0 spiro atoms. The second kappa shape index (κ2) is 17.5. The van der Waals surface area contributed by atoms with Gasteiger partial charge < -0.3 is 25.2 Å². The van der Waals surface area contributed by atoms with E-state index in [0.29, 0.717) is 37.0 Å². The van der Waals surface area contributed by atoms with Crippen molar-refractivity contribution >= 4 is 22.8 Å². The van der Waals surface area contributed by atoms with Crippen LogP contribution in [-0.2, 0) is 27.4 Å². The fourth-order valence-electron chi connectivity index (χ4n) is 9.06. The van der Waals surface area contributed by atoms with Gasteiger partial charge in [-0.15, -0.1) is 0 Å². The Labute approximate surface area is 341 Å². The van der Waals surface area contributed by atoms with Gasteiger partial charge in [0.05, 0.1) is 42.1 Å². The van der Waals surface area contributed by atoms with Crippen LogP contribution in [0.1, 0.15) is 111 Å². The number of amides is 2. The van der Waals surface area contributed by atoms with Gasteiger partial charge >= 0.3 is 0 Å². The van der Waals surface area contributed by atoms with E-state index in [4.69, 9.17) is 9.47 Å². The number of likely N-dealkylation sites (tertiary alicyclic amines) is 1. The maximum Gasteiger partial charge on any atom is 0.271 e. The number of hydrogen-bond donors (Lipinski definition) is 3. The van der Waals surface area contributed by atoms with E-state index >= 15 is 0 Å². The lowest BCUT2D eigenvalue weighted by atomic mass is 9.75. The molecule has 1 saturated carbocycles. The molecule has 8 rings (SSSR count). The first-order valence-electron chi connectivity index (χ1n) is 20.9. The van der Waals surface area contributed by atoms with Crippen molar-refractivity contribution in [2.75, 3.05) is 6.54 Å². The van der Waals surface area contributed by atoms with Crippen LogP contribution >= 0.6 is 0 Å². The standard InChI is InChI=1S/C48H55N5O5/c1-48(2,3)52-46(56)43-23-22-33-11-4-7-17-42(33)53(43)29-38-26-44(34-20-18-31(30-54)19-21-34)58-47(57-38)37-14-9-13-36(25-37)35-12-8-10-32(24-35)27-50-45(55)41-28-49-39-15-5-6-16-40(39)51-41/h5-6,8-10,12-16,18-21,24-25,28,33,38,42-44,47,54H,4,7,11,17,22-23,26-27,29-30H2,1-3H3,(H,50,55)(H,52,56)/t33-,38+,42-,43-,44-,47-/m1/s1. The SMILES string of the molecule is CC(C)(C)NC(=O)[C@H]1CC[C@H]2CCCC[C@H]2N1C[C@@H]1C[C@H](c2ccc(CO)cc2)O[C@H](c2cccc(-c3cccc(CNC(=O)c4cnc5ccccc5n4)c3)c2)O1. The molecule has 1 aromatic heterocycles. The van der Waals surface area contributed by atoms with Gasteiger partial charge in [-0.3, -0.25) is 19.5 Å². The number of aromatic nitrogens is 2. The molecule has 0 unspecified atom stereocenters. The number of carbonyl (C=O) groups is 2. The Bertz CT molecular complexity index is 2220. The molecule has 0 bridgehead atoms. The molecule has 4 aromatic carbocycles. The summed E-state index contributed by atoms with van der Waals surface area (Å²) in [5.41, 5.74) is 7.14. The Kier molecular flexibility index (Phi) is 12.0. The van der Waals surface area contributed by atoms with Crippen molar-refractivity contribution in [2.24, 2.45) is 5.92 Å². The predicted molar refractivity (Wildman–Crippen MR) is 224 cm³/mol. The quantitative estimate of drug-likeness (QED) is 0.130. The average molecular weight is 782 g/mol. The topological polar surface area (TPSA) is 126 Å². The van der Waals surface area contributed by atoms with E-state index in [-0.39, 0.29) is 47.9 Å². The van der Waals surface area contributed by atoms with Gasteiger partial charge in [0.1, 0.15) is 5.69 Å². The average Bonchev–Trinajstić information content (AvgIpc) is 3.25. The van der Waals surface area contributed by atoms with E-state index in [0.717, 1.165) is 58.2 Å². The van der Waals surface area contributed by atoms with Crippen LogP contribution < -0.4 is 10.6 Å². The smallest absolute Gasteiger partial charge is 0.271 e. The molecular formula is C48H55N5O5. The maximum absolute atomic E-state index is 13.9. The van der Waals surface area contributed by atoms with Crippen molar-refractivity contribution in [1.29, 1.82) is 0 Å². The number of aliphatic hydroxyl groups excluding tert-OH is 1. The largest absolute Gasteiger partial charge is 0.392 e. The number of para-hydroxylation sites is 2. The minimum absolute atomic E-state index is 0.0187. The molecule has 3 N–H and O–H groups in total. The van der Waals surface area contributed by atoms with Gasteiger partial charge in [-0.25, -0.2) is 4.98 Å². The number of rotatable bonds is 10. The predicted octanol–water partition coefficient (Wildman–Crippen LogP) is 8.20. The summed E-state index contributed by atoms with van der Waals surface area (Å²) in [6, 6.07) is 32.1. The summed E-state index contributed by atoms with van der Waals surface area (Å²) in [7, 11) is 0. The normalized spacial score (nSPS) is 23.9. The number of benzene rings is 4. The molecule has 3 heterocycles. The zero-order valence-electron chi connectivity index (χ0n) is 33.8. The number of nitrogens with one attached hydrogen (secondary N) is 2. The van der Waals surface area contributed by atoms with E-state index in [1.807, 2.05) is 87.5 Å². The molecule has 302 valence electrons. The molecule has 0 radical (unpaired) electrons. The molecule has 2 aliphatic heterocycles. The highest BCUT2D eigenvalue weighted by Gasteiger charge is 2.44. The zero-order chi connectivity index (χ0) is 40.2. The molecule has 1 aliphatic carbocycles. The monoisotopic (exact) mass is 781 g/mol. The first-order valence-corrected chi connectivity index (χ1v) is 20.9. The third kappa shape index (κ3) is 9.31. The Hall–Kier alpha value is -5.00. The van der Waals surface area contributed by atoms with Crippen molar-refractivity contribution in [1.82, 2.24) is 25.5 Å². The number of nitrogens with zero attached hydrogens (tertiary/aromatic N) is 3. The summed E-state index contributed by atoms with van der Waals surface area (Å²) in [6.07, 6.45) is 7.78. The van der Waals surface area contributed by atoms with Crippen molar-refractivity contribution in [3.05, 3.63) is 131 Å². The van der Waals surface area contributed by atoms with Gasteiger partial charge in [0.15, 0.2) is 6.29 Å².